The largest absolute Gasteiger partial charge is 0.396 e. The van der Waals surface area contributed by atoms with E-state index in [4.69, 9.17) is 5.11 Å². The van der Waals surface area contributed by atoms with Crippen molar-refractivity contribution in [3.8, 4) is 0 Å². The molecule has 2 aromatic rings. The molecule has 1 aromatic heterocycles. The van der Waals surface area contributed by atoms with Crippen LogP contribution < -0.4 is 0 Å². The monoisotopic (exact) mass is 218 g/mol. The number of rotatable bonds is 3. The summed E-state index contributed by atoms with van der Waals surface area (Å²) in [5.41, 5.74) is 3.40. The Bertz CT molecular complexity index is 500. The molecule has 3 nitrogen and oxygen atoms in total. The van der Waals surface area contributed by atoms with Crippen molar-refractivity contribution in [1.82, 2.24) is 9.78 Å². The van der Waals surface area contributed by atoms with Crippen LogP contribution in [0.4, 0.5) is 0 Å². The van der Waals surface area contributed by atoms with E-state index in [0.717, 1.165) is 11.2 Å². The van der Waals surface area contributed by atoms with Gasteiger partial charge >= 0.3 is 0 Å². The van der Waals surface area contributed by atoms with Crippen molar-refractivity contribution in [2.75, 3.05) is 6.61 Å². The second kappa shape index (κ2) is 4.26. The van der Waals surface area contributed by atoms with E-state index < -0.39 is 0 Å². The molecule has 1 aromatic carbocycles. The fraction of sp³-hybridized carbons (Fsp3) is 0.462. The summed E-state index contributed by atoms with van der Waals surface area (Å²) in [5, 5.41) is 15.0. The van der Waals surface area contributed by atoms with Gasteiger partial charge in [0, 0.05) is 30.1 Å². The highest BCUT2D eigenvalue weighted by atomic mass is 16.3. The quantitative estimate of drug-likeness (QED) is 0.859. The molecule has 1 heterocycles. The Morgan fingerprint density at radius 3 is 2.75 bits per heavy atom. The minimum absolute atomic E-state index is 0.168. The van der Waals surface area contributed by atoms with Gasteiger partial charge in [-0.3, -0.25) is 4.68 Å². The maximum Gasteiger partial charge on any atom is 0.0929 e. The van der Waals surface area contributed by atoms with Gasteiger partial charge < -0.3 is 5.11 Å². The molecule has 0 amide bonds. The van der Waals surface area contributed by atoms with Crippen LogP contribution in [0.1, 0.15) is 31.1 Å². The summed E-state index contributed by atoms with van der Waals surface area (Å²) >= 11 is 0. The van der Waals surface area contributed by atoms with Crippen molar-refractivity contribution in [2.24, 2.45) is 0 Å². The molecule has 0 aliphatic carbocycles. The van der Waals surface area contributed by atoms with Crippen LogP contribution in [0.25, 0.3) is 10.9 Å². The molecule has 0 aliphatic heterocycles. The fourth-order valence-electron chi connectivity index (χ4n) is 2.17. The van der Waals surface area contributed by atoms with Crippen molar-refractivity contribution < 1.29 is 5.11 Å². The van der Waals surface area contributed by atoms with Gasteiger partial charge in [0.15, 0.2) is 0 Å². The Hall–Kier alpha value is -1.35. The van der Waals surface area contributed by atoms with Crippen molar-refractivity contribution >= 4 is 10.9 Å². The molecule has 0 aliphatic rings. The molecule has 0 unspecified atom stereocenters. The minimum Gasteiger partial charge on any atom is -0.396 e. The average Bonchev–Trinajstić information content (AvgIpc) is 2.59. The van der Waals surface area contributed by atoms with Gasteiger partial charge in [0.1, 0.15) is 0 Å². The first-order chi connectivity index (χ1) is 7.65. The van der Waals surface area contributed by atoms with E-state index in [2.05, 4.69) is 31.9 Å². The number of hydrogen-bond donors (Lipinski definition) is 1. The van der Waals surface area contributed by atoms with Gasteiger partial charge in [-0.15, -0.1) is 0 Å². The van der Waals surface area contributed by atoms with E-state index in [1.54, 1.807) is 0 Å². The van der Waals surface area contributed by atoms with Crippen LogP contribution in [-0.2, 0) is 6.42 Å². The standard InChI is InChI=1S/C13H18N2O/c1-9(2)15-12(7-8-16)13-10(3)5-4-6-11(13)14-15/h4-6,9,16H,7-8H2,1-3H3. The van der Waals surface area contributed by atoms with Crippen LogP contribution in [0.2, 0.25) is 0 Å². The third-order valence-electron chi connectivity index (χ3n) is 2.87. The van der Waals surface area contributed by atoms with Gasteiger partial charge in [-0.2, -0.15) is 5.10 Å². The molecule has 0 fully saturated rings. The normalized spacial score (nSPS) is 11.6. The number of aryl methyl sites for hydroxylation is 1. The zero-order valence-electron chi connectivity index (χ0n) is 10.1. The summed E-state index contributed by atoms with van der Waals surface area (Å²) in [6.45, 7) is 6.49. The lowest BCUT2D eigenvalue weighted by atomic mass is 10.1. The molecule has 16 heavy (non-hydrogen) atoms. The number of aliphatic hydroxyl groups excluding tert-OH is 1. The van der Waals surface area contributed by atoms with Gasteiger partial charge in [-0.05, 0) is 32.4 Å². The first-order valence-corrected chi connectivity index (χ1v) is 5.72. The third-order valence-corrected chi connectivity index (χ3v) is 2.87. The Labute approximate surface area is 95.7 Å². The minimum atomic E-state index is 0.168. The molecular formula is C13H18N2O. The van der Waals surface area contributed by atoms with Gasteiger partial charge in [0.2, 0.25) is 0 Å². The molecular weight excluding hydrogens is 200 g/mol. The molecule has 2 rings (SSSR count). The predicted octanol–water partition coefficient (Wildman–Crippen LogP) is 2.46. The van der Waals surface area contributed by atoms with E-state index in [9.17, 15) is 0 Å². The summed E-state index contributed by atoms with van der Waals surface area (Å²) in [6.07, 6.45) is 0.666. The molecule has 0 saturated heterocycles. The summed E-state index contributed by atoms with van der Waals surface area (Å²) in [4.78, 5) is 0. The zero-order valence-corrected chi connectivity index (χ0v) is 10.1. The first-order valence-electron chi connectivity index (χ1n) is 5.72. The summed E-state index contributed by atoms with van der Waals surface area (Å²) in [7, 11) is 0. The third kappa shape index (κ3) is 1.71. The topological polar surface area (TPSA) is 38.0 Å². The second-order valence-corrected chi connectivity index (χ2v) is 4.43. The van der Waals surface area contributed by atoms with Crippen molar-refractivity contribution in [3.63, 3.8) is 0 Å². The van der Waals surface area contributed by atoms with Crippen molar-refractivity contribution in [1.29, 1.82) is 0 Å². The van der Waals surface area contributed by atoms with Gasteiger partial charge in [-0.1, -0.05) is 12.1 Å². The number of hydrogen-bond acceptors (Lipinski definition) is 2. The van der Waals surface area contributed by atoms with E-state index in [1.165, 1.54) is 10.9 Å². The Kier molecular flexibility index (Phi) is 2.97. The van der Waals surface area contributed by atoms with E-state index in [0.29, 0.717) is 12.5 Å². The smallest absolute Gasteiger partial charge is 0.0929 e. The molecule has 86 valence electrons. The van der Waals surface area contributed by atoms with Crippen LogP contribution >= 0.6 is 0 Å². The molecule has 0 atom stereocenters. The summed E-state index contributed by atoms with van der Waals surface area (Å²) < 4.78 is 2.02. The number of aliphatic hydroxyl groups is 1. The highest BCUT2D eigenvalue weighted by Gasteiger charge is 2.14. The number of nitrogens with zero attached hydrogens (tertiary/aromatic N) is 2. The first kappa shape index (κ1) is 11.1. The van der Waals surface area contributed by atoms with Gasteiger partial charge in [-0.25, -0.2) is 0 Å². The second-order valence-electron chi connectivity index (χ2n) is 4.43. The lowest BCUT2D eigenvalue weighted by Crippen LogP contribution is -2.09. The number of aromatic nitrogens is 2. The zero-order chi connectivity index (χ0) is 11.7. The fourth-order valence-corrected chi connectivity index (χ4v) is 2.17. The van der Waals surface area contributed by atoms with E-state index >= 15 is 0 Å². The Morgan fingerprint density at radius 2 is 2.12 bits per heavy atom. The van der Waals surface area contributed by atoms with Crippen LogP contribution in [0.15, 0.2) is 18.2 Å². The van der Waals surface area contributed by atoms with Crippen LogP contribution in [0, 0.1) is 6.92 Å². The molecule has 1 N–H and O–H groups in total. The highest BCUT2D eigenvalue weighted by Crippen LogP contribution is 2.24. The van der Waals surface area contributed by atoms with E-state index in [1.807, 2.05) is 16.8 Å². The number of fused-ring (bicyclic) bond motifs is 1. The average molecular weight is 218 g/mol. The highest BCUT2D eigenvalue weighted by molar-refractivity contribution is 5.85. The predicted molar refractivity (Wildman–Crippen MR) is 65.6 cm³/mol. The maximum absolute atomic E-state index is 9.15. The van der Waals surface area contributed by atoms with Gasteiger partial charge in [0.05, 0.1) is 5.52 Å². The summed E-state index contributed by atoms with van der Waals surface area (Å²) in [6, 6.07) is 6.48. The Balaban J connectivity index is 2.72. The van der Waals surface area contributed by atoms with Crippen LogP contribution in [-0.4, -0.2) is 21.5 Å². The molecule has 0 saturated carbocycles. The SMILES string of the molecule is Cc1cccc2nn(C(C)C)c(CCO)c12. The number of benzene rings is 1. The van der Waals surface area contributed by atoms with Gasteiger partial charge in [0.25, 0.3) is 0 Å². The maximum atomic E-state index is 9.15. The molecule has 3 heteroatoms. The van der Waals surface area contributed by atoms with Crippen LogP contribution in [0.5, 0.6) is 0 Å². The Morgan fingerprint density at radius 1 is 1.38 bits per heavy atom. The van der Waals surface area contributed by atoms with Crippen molar-refractivity contribution in [2.45, 2.75) is 33.2 Å². The van der Waals surface area contributed by atoms with E-state index in [-0.39, 0.29) is 6.61 Å². The summed E-state index contributed by atoms with van der Waals surface area (Å²) in [5.74, 6) is 0. The molecule has 0 spiro atoms. The van der Waals surface area contributed by atoms with Crippen molar-refractivity contribution in [3.05, 3.63) is 29.5 Å². The molecule has 0 bridgehead atoms. The lowest BCUT2D eigenvalue weighted by molar-refractivity contribution is 0.294. The van der Waals surface area contributed by atoms with Crippen LogP contribution in [0.3, 0.4) is 0 Å². The molecule has 0 radical (unpaired) electrons. The lowest BCUT2D eigenvalue weighted by Gasteiger charge is -2.10.